The van der Waals surface area contributed by atoms with Gasteiger partial charge in [0.25, 0.3) is 0 Å². The van der Waals surface area contributed by atoms with Gasteiger partial charge in [0.2, 0.25) is 5.27 Å². The number of nitrogens with one attached hydrogen (secondary N) is 1. The van der Waals surface area contributed by atoms with E-state index in [4.69, 9.17) is 4.52 Å². The Morgan fingerprint density at radius 2 is 1.96 bits per heavy atom. The molecule has 0 aliphatic heterocycles. The zero-order chi connectivity index (χ0) is 19.4. The Hall–Kier alpha value is -1.71. The number of aromatic nitrogens is 2. The number of nitrogens with zero attached hydrogens (tertiary/aromatic N) is 3. The van der Waals surface area contributed by atoms with E-state index in [0.29, 0.717) is 10.3 Å². The molecule has 2 aromatic carbocycles. The largest absolute Gasteiger partial charge is 0.846 e. The molecule has 3 aromatic rings. The highest BCUT2D eigenvalue weighted by Gasteiger charge is 2.27. The van der Waals surface area contributed by atoms with Crippen LogP contribution < -0.4 is 15.1 Å². The van der Waals surface area contributed by atoms with E-state index in [2.05, 4.69) is 75.5 Å². The molecule has 27 heavy (non-hydrogen) atoms. The molecule has 3 rings (SSSR count). The van der Waals surface area contributed by atoms with E-state index in [9.17, 15) is 5.11 Å². The highest BCUT2D eigenvalue weighted by Crippen LogP contribution is 2.27. The summed E-state index contributed by atoms with van der Waals surface area (Å²) in [7, 11) is 0. The van der Waals surface area contributed by atoms with Crippen LogP contribution in [0.5, 0.6) is 0 Å². The number of hydrogen-bond acceptors (Lipinski definition) is 4. The summed E-state index contributed by atoms with van der Waals surface area (Å²) in [5.74, 6) is 0.112. The Balaban J connectivity index is 1.75. The quantitative estimate of drug-likeness (QED) is 0.284. The van der Waals surface area contributed by atoms with Crippen LogP contribution in [0.4, 0.5) is 11.6 Å². The first kappa shape index (κ1) is 20.0. The first-order valence-corrected chi connectivity index (χ1v) is 10.4. The first-order valence-electron chi connectivity index (χ1n) is 8.02. The summed E-state index contributed by atoms with van der Waals surface area (Å²) in [6, 6.07) is 15.0. The van der Waals surface area contributed by atoms with Gasteiger partial charge in [0.05, 0.1) is 11.7 Å². The minimum absolute atomic E-state index is 0.0261. The first-order chi connectivity index (χ1) is 12.9. The molecular weight excluding hydrogens is 544 g/mol. The SMILES string of the molecule is CC(Cc1ccccc1)[n+]1noc(/N=C(\[O-])Nc2ccc(Br)cc2Br)c1Br. The van der Waals surface area contributed by atoms with Crippen LogP contribution in [0.15, 0.2) is 71.6 Å². The fourth-order valence-corrected chi connectivity index (χ4v) is 4.18. The zero-order valence-corrected chi connectivity index (χ0v) is 19.0. The summed E-state index contributed by atoms with van der Waals surface area (Å²) in [6.07, 6.45) is 0.772. The third kappa shape index (κ3) is 5.18. The van der Waals surface area contributed by atoms with Gasteiger partial charge in [-0.15, -0.1) is 0 Å². The summed E-state index contributed by atoms with van der Waals surface area (Å²) in [4.78, 5) is 3.95. The molecule has 1 heterocycles. The molecule has 0 bridgehead atoms. The summed E-state index contributed by atoms with van der Waals surface area (Å²) < 4.78 is 9.04. The fourth-order valence-electron chi connectivity index (χ4n) is 2.46. The van der Waals surface area contributed by atoms with Gasteiger partial charge in [-0.3, -0.25) is 4.52 Å². The van der Waals surface area contributed by atoms with Crippen LogP contribution in [-0.2, 0) is 6.42 Å². The lowest BCUT2D eigenvalue weighted by molar-refractivity contribution is -0.790. The second kappa shape index (κ2) is 8.99. The Morgan fingerprint density at radius 1 is 1.22 bits per heavy atom. The second-order valence-corrected chi connectivity index (χ2v) is 8.34. The molecule has 0 aliphatic carbocycles. The molecule has 0 saturated carbocycles. The smallest absolute Gasteiger partial charge is 0.342 e. The number of hydrogen-bond donors (Lipinski definition) is 1. The summed E-state index contributed by atoms with van der Waals surface area (Å²) in [5, 5.41) is 18.9. The number of halogens is 3. The molecule has 0 saturated heterocycles. The van der Waals surface area contributed by atoms with E-state index >= 15 is 0 Å². The lowest BCUT2D eigenvalue weighted by Gasteiger charge is -2.13. The molecule has 1 unspecified atom stereocenters. The molecule has 140 valence electrons. The molecule has 1 atom stereocenters. The number of anilines is 1. The predicted octanol–water partition coefficient (Wildman–Crippen LogP) is 4.51. The molecule has 0 spiro atoms. The molecule has 0 amide bonds. The number of rotatable bonds is 5. The number of amidine groups is 1. The van der Waals surface area contributed by atoms with Crippen LogP contribution in [0.25, 0.3) is 0 Å². The Bertz CT molecular complexity index is 960. The molecule has 0 aliphatic rings. The molecule has 9 heteroatoms. The van der Waals surface area contributed by atoms with Crippen LogP contribution in [0.2, 0.25) is 0 Å². The Morgan fingerprint density at radius 3 is 2.67 bits per heavy atom. The standard InChI is InChI=1S/C18H15Br3N4O2/c1-11(9-12-5-3-2-4-6-12)25-16(21)17(27-24-25)23-18(26)22-15-8-7-13(19)10-14(15)20/h2-8,10-11H,9H2,1H3,(H-,22,23,24,26). The van der Waals surface area contributed by atoms with Crippen molar-refractivity contribution in [2.24, 2.45) is 4.99 Å². The Labute approximate surface area is 181 Å². The highest BCUT2D eigenvalue weighted by atomic mass is 79.9. The van der Waals surface area contributed by atoms with Gasteiger partial charge in [-0.05, 0) is 44.4 Å². The Kier molecular flexibility index (Phi) is 6.67. The van der Waals surface area contributed by atoms with Gasteiger partial charge in [0.1, 0.15) is 0 Å². The van der Waals surface area contributed by atoms with Crippen molar-refractivity contribution in [2.45, 2.75) is 19.4 Å². The minimum Gasteiger partial charge on any atom is -0.846 e. The maximum Gasteiger partial charge on any atom is 0.342 e. The van der Waals surface area contributed by atoms with Crippen molar-refractivity contribution in [1.82, 2.24) is 5.27 Å². The number of benzene rings is 2. The van der Waals surface area contributed by atoms with Gasteiger partial charge in [0.15, 0.2) is 6.04 Å². The monoisotopic (exact) mass is 556 g/mol. The molecule has 0 radical (unpaired) electrons. The van der Waals surface area contributed by atoms with Crippen LogP contribution in [-0.4, -0.2) is 11.3 Å². The second-order valence-electron chi connectivity index (χ2n) is 5.82. The van der Waals surface area contributed by atoms with Crippen molar-refractivity contribution in [3.8, 4) is 0 Å². The average Bonchev–Trinajstić information content (AvgIpc) is 2.99. The molecule has 1 N–H and O–H groups in total. The van der Waals surface area contributed by atoms with Crippen LogP contribution in [0, 0.1) is 0 Å². The molecular formula is C18H15Br3N4O2. The summed E-state index contributed by atoms with van der Waals surface area (Å²) >= 11 is 10.2. The van der Waals surface area contributed by atoms with E-state index in [0.717, 1.165) is 15.4 Å². The summed E-state index contributed by atoms with van der Waals surface area (Å²) in [5.41, 5.74) is 1.79. The van der Waals surface area contributed by atoms with E-state index < -0.39 is 6.02 Å². The normalized spacial score (nSPS) is 12.8. The lowest BCUT2D eigenvalue weighted by atomic mass is 10.1. The topological polar surface area (TPSA) is 77.4 Å². The van der Waals surface area contributed by atoms with Gasteiger partial charge < -0.3 is 10.4 Å². The minimum atomic E-state index is -0.558. The van der Waals surface area contributed by atoms with Gasteiger partial charge in [-0.25, -0.2) is 4.99 Å². The predicted molar refractivity (Wildman–Crippen MR) is 112 cm³/mol. The van der Waals surface area contributed by atoms with Crippen molar-refractivity contribution >= 4 is 65.4 Å². The van der Waals surface area contributed by atoms with E-state index in [1.54, 1.807) is 10.7 Å². The van der Waals surface area contributed by atoms with E-state index in [1.165, 1.54) is 5.56 Å². The van der Waals surface area contributed by atoms with Crippen molar-refractivity contribution in [3.63, 3.8) is 0 Å². The van der Waals surface area contributed by atoms with Crippen LogP contribution >= 0.6 is 47.8 Å². The van der Waals surface area contributed by atoms with Gasteiger partial charge in [-0.1, -0.05) is 46.3 Å². The van der Waals surface area contributed by atoms with Crippen LogP contribution in [0.1, 0.15) is 18.5 Å². The average molecular weight is 559 g/mol. The molecule has 1 aromatic heterocycles. The lowest BCUT2D eigenvalue weighted by Crippen LogP contribution is -2.41. The van der Waals surface area contributed by atoms with Crippen molar-refractivity contribution < 1.29 is 14.3 Å². The highest BCUT2D eigenvalue weighted by molar-refractivity contribution is 9.11. The van der Waals surface area contributed by atoms with E-state index in [1.807, 2.05) is 37.3 Å². The van der Waals surface area contributed by atoms with Gasteiger partial charge >= 0.3 is 10.5 Å². The van der Waals surface area contributed by atoms with Crippen molar-refractivity contribution in [1.29, 1.82) is 0 Å². The third-order valence-corrected chi connectivity index (χ3v) is 5.61. The fraction of sp³-hybridized carbons (Fsp3) is 0.167. The summed E-state index contributed by atoms with van der Waals surface area (Å²) in [6.45, 7) is 2.02. The van der Waals surface area contributed by atoms with Crippen molar-refractivity contribution in [3.05, 3.63) is 67.6 Å². The molecule has 0 fully saturated rings. The maximum atomic E-state index is 12.2. The van der Waals surface area contributed by atoms with Crippen molar-refractivity contribution in [2.75, 3.05) is 5.32 Å². The van der Waals surface area contributed by atoms with Gasteiger partial charge in [-0.2, -0.15) is 0 Å². The van der Waals surface area contributed by atoms with Crippen LogP contribution in [0.3, 0.4) is 0 Å². The number of aliphatic imine (C=N–C) groups is 1. The third-order valence-electron chi connectivity index (χ3n) is 3.76. The maximum absolute atomic E-state index is 12.2. The van der Waals surface area contributed by atoms with Gasteiger partial charge in [0, 0.05) is 38.2 Å². The van der Waals surface area contributed by atoms with E-state index in [-0.39, 0.29) is 11.9 Å². The zero-order valence-electron chi connectivity index (χ0n) is 14.2. The molecule has 6 nitrogen and oxygen atoms in total.